The SMILES string of the molecule is COc1ccc(-n2nccn2)c(C(=O)N2CCCC2c2nc(-c3cccc(F)c3C)no2)c1. The maximum absolute atomic E-state index is 14.0. The lowest BCUT2D eigenvalue weighted by atomic mass is 10.1. The van der Waals surface area contributed by atoms with Gasteiger partial charge in [0.25, 0.3) is 5.91 Å². The van der Waals surface area contributed by atoms with Crippen LogP contribution < -0.4 is 4.74 Å². The fourth-order valence-corrected chi connectivity index (χ4v) is 4.08. The van der Waals surface area contributed by atoms with Gasteiger partial charge in [-0.15, -0.1) is 0 Å². The quantitative estimate of drug-likeness (QED) is 0.458. The molecule has 1 amide bonds. The zero-order valence-electron chi connectivity index (χ0n) is 18.1. The maximum atomic E-state index is 14.0. The van der Waals surface area contributed by atoms with Crippen LogP contribution in [-0.2, 0) is 0 Å². The Morgan fingerprint density at radius 2 is 2.03 bits per heavy atom. The van der Waals surface area contributed by atoms with E-state index in [-0.39, 0.29) is 11.7 Å². The summed E-state index contributed by atoms with van der Waals surface area (Å²) in [6, 6.07) is 9.51. The minimum absolute atomic E-state index is 0.217. The summed E-state index contributed by atoms with van der Waals surface area (Å²) < 4.78 is 24.8. The summed E-state index contributed by atoms with van der Waals surface area (Å²) in [6.45, 7) is 2.20. The molecule has 1 aliphatic heterocycles. The van der Waals surface area contributed by atoms with Gasteiger partial charge in [-0.05, 0) is 49.6 Å². The van der Waals surface area contributed by atoms with Gasteiger partial charge in [0.1, 0.15) is 17.6 Å². The maximum Gasteiger partial charge on any atom is 0.256 e. The number of hydrogen-bond donors (Lipinski definition) is 0. The van der Waals surface area contributed by atoms with Crippen molar-refractivity contribution in [3.05, 3.63) is 71.6 Å². The molecule has 0 N–H and O–H groups in total. The minimum atomic E-state index is -0.391. The van der Waals surface area contributed by atoms with Crippen LogP contribution in [0.25, 0.3) is 17.1 Å². The Kier molecular flexibility index (Phi) is 5.33. The van der Waals surface area contributed by atoms with E-state index in [1.807, 2.05) is 0 Å². The topological polar surface area (TPSA) is 99.2 Å². The number of ether oxygens (including phenoxy) is 1. The summed E-state index contributed by atoms with van der Waals surface area (Å²) in [4.78, 5) is 21.3. The summed E-state index contributed by atoms with van der Waals surface area (Å²) in [6.07, 6.45) is 4.55. The zero-order valence-corrected chi connectivity index (χ0v) is 18.1. The van der Waals surface area contributed by atoms with E-state index in [0.29, 0.717) is 52.8 Å². The number of benzene rings is 2. The van der Waals surface area contributed by atoms with Crippen LogP contribution in [0.2, 0.25) is 0 Å². The molecule has 1 atom stereocenters. The zero-order chi connectivity index (χ0) is 22.9. The minimum Gasteiger partial charge on any atom is -0.497 e. The molecule has 0 aliphatic carbocycles. The van der Waals surface area contributed by atoms with Gasteiger partial charge in [-0.1, -0.05) is 17.3 Å². The number of carbonyl (C=O) groups is 1. The van der Waals surface area contributed by atoms with E-state index >= 15 is 0 Å². The number of likely N-dealkylation sites (tertiary alicyclic amines) is 1. The van der Waals surface area contributed by atoms with Crippen LogP contribution in [0.1, 0.15) is 40.7 Å². The van der Waals surface area contributed by atoms with Crippen molar-refractivity contribution in [1.82, 2.24) is 30.0 Å². The third kappa shape index (κ3) is 3.73. The number of carbonyl (C=O) groups excluding carboxylic acids is 1. The van der Waals surface area contributed by atoms with Gasteiger partial charge >= 0.3 is 0 Å². The van der Waals surface area contributed by atoms with E-state index in [9.17, 15) is 9.18 Å². The Balaban J connectivity index is 1.48. The van der Waals surface area contributed by atoms with Crippen molar-refractivity contribution in [3.63, 3.8) is 0 Å². The molecule has 0 spiro atoms. The lowest BCUT2D eigenvalue weighted by Gasteiger charge is -2.23. The first-order valence-electron chi connectivity index (χ1n) is 10.5. The molecule has 1 fully saturated rings. The van der Waals surface area contributed by atoms with Crippen LogP contribution in [0.3, 0.4) is 0 Å². The molecular weight excluding hydrogens is 427 g/mol. The Morgan fingerprint density at radius 1 is 1.21 bits per heavy atom. The van der Waals surface area contributed by atoms with Crippen LogP contribution in [0.5, 0.6) is 5.75 Å². The molecule has 0 radical (unpaired) electrons. The van der Waals surface area contributed by atoms with Gasteiger partial charge in [0.05, 0.1) is 30.8 Å². The largest absolute Gasteiger partial charge is 0.497 e. The third-order valence-electron chi connectivity index (χ3n) is 5.82. The highest BCUT2D eigenvalue weighted by Crippen LogP contribution is 2.35. The molecule has 2 aromatic heterocycles. The molecular formula is C23H21FN6O3. The molecule has 33 heavy (non-hydrogen) atoms. The standard InChI is InChI=1S/C23H21FN6O3/c1-14-16(5-3-6-18(14)24)21-27-22(33-28-21)20-7-4-12-29(20)23(31)17-13-15(32-2)8-9-19(17)30-25-10-11-26-30/h3,5-6,8-11,13,20H,4,7,12H2,1-2H3. The summed E-state index contributed by atoms with van der Waals surface area (Å²) in [5.74, 6) is 0.608. The lowest BCUT2D eigenvalue weighted by Crippen LogP contribution is -2.31. The monoisotopic (exact) mass is 448 g/mol. The second-order valence-electron chi connectivity index (χ2n) is 7.73. The summed E-state index contributed by atoms with van der Waals surface area (Å²) in [7, 11) is 1.54. The van der Waals surface area contributed by atoms with Crippen molar-refractivity contribution in [3.8, 4) is 22.8 Å². The first-order chi connectivity index (χ1) is 16.1. The van der Waals surface area contributed by atoms with Gasteiger partial charge in [0.15, 0.2) is 0 Å². The third-order valence-corrected chi connectivity index (χ3v) is 5.82. The number of amides is 1. The first-order valence-corrected chi connectivity index (χ1v) is 10.5. The van der Waals surface area contributed by atoms with E-state index in [1.54, 1.807) is 61.7 Å². The number of halogens is 1. The van der Waals surface area contributed by atoms with E-state index in [2.05, 4.69) is 20.3 Å². The highest BCUT2D eigenvalue weighted by molar-refractivity contribution is 5.98. The summed E-state index contributed by atoms with van der Waals surface area (Å²) >= 11 is 0. The molecule has 168 valence electrons. The number of nitrogens with zero attached hydrogens (tertiary/aromatic N) is 6. The molecule has 5 rings (SSSR count). The Labute approximate surface area is 188 Å². The Hall–Kier alpha value is -4.08. The van der Waals surface area contributed by atoms with Crippen molar-refractivity contribution in [1.29, 1.82) is 0 Å². The predicted octanol–water partition coefficient (Wildman–Crippen LogP) is 3.75. The van der Waals surface area contributed by atoms with E-state index < -0.39 is 6.04 Å². The average molecular weight is 448 g/mol. The van der Waals surface area contributed by atoms with Crippen molar-refractivity contribution in [2.24, 2.45) is 0 Å². The molecule has 10 heteroatoms. The molecule has 0 bridgehead atoms. The van der Waals surface area contributed by atoms with Crippen LogP contribution in [0.15, 0.2) is 53.3 Å². The van der Waals surface area contributed by atoms with Crippen LogP contribution >= 0.6 is 0 Å². The Morgan fingerprint density at radius 3 is 2.82 bits per heavy atom. The van der Waals surface area contributed by atoms with Gasteiger partial charge in [0.2, 0.25) is 11.7 Å². The fraction of sp³-hybridized carbons (Fsp3) is 0.261. The van der Waals surface area contributed by atoms with E-state index in [4.69, 9.17) is 9.26 Å². The second kappa shape index (κ2) is 8.45. The molecule has 0 saturated carbocycles. The van der Waals surface area contributed by atoms with Gasteiger partial charge in [-0.2, -0.15) is 20.0 Å². The van der Waals surface area contributed by atoms with Crippen LogP contribution in [0.4, 0.5) is 4.39 Å². The van der Waals surface area contributed by atoms with Gasteiger partial charge < -0.3 is 14.2 Å². The number of rotatable bonds is 5. The van der Waals surface area contributed by atoms with Crippen LogP contribution in [-0.4, -0.2) is 49.6 Å². The molecule has 3 heterocycles. The molecule has 9 nitrogen and oxygen atoms in total. The number of methoxy groups -OCH3 is 1. The number of hydrogen-bond acceptors (Lipinski definition) is 7. The smallest absolute Gasteiger partial charge is 0.256 e. The summed E-state index contributed by atoms with van der Waals surface area (Å²) in [5, 5.41) is 12.4. The van der Waals surface area contributed by atoms with Crippen molar-refractivity contribution < 1.29 is 18.4 Å². The highest BCUT2D eigenvalue weighted by atomic mass is 19.1. The molecule has 4 aromatic rings. The van der Waals surface area contributed by atoms with Gasteiger partial charge in [-0.3, -0.25) is 4.79 Å². The highest BCUT2D eigenvalue weighted by Gasteiger charge is 2.36. The predicted molar refractivity (Wildman–Crippen MR) is 115 cm³/mol. The average Bonchev–Trinajstić information content (AvgIpc) is 3.61. The second-order valence-corrected chi connectivity index (χ2v) is 7.73. The molecule has 1 saturated heterocycles. The molecule has 1 unspecified atom stereocenters. The normalized spacial score (nSPS) is 15.7. The molecule has 1 aliphatic rings. The molecule has 2 aromatic carbocycles. The van der Waals surface area contributed by atoms with E-state index in [0.717, 1.165) is 6.42 Å². The number of aromatic nitrogens is 5. The van der Waals surface area contributed by atoms with Crippen molar-refractivity contribution in [2.75, 3.05) is 13.7 Å². The fourth-order valence-electron chi connectivity index (χ4n) is 4.08. The summed E-state index contributed by atoms with van der Waals surface area (Å²) in [5.41, 5.74) is 1.94. The van der Waals surface area contributed by atoms with Gasteiger partial charge in [-0.25, -0.2) is 4.39 Å². The first kappa shape index (κ1) is 20.8. The van der Waals surface area contributed by atoms with Crippen molar-refractivity contribution >= 4 is 5.91 Å². The Bertz CT molecular complexity index is 1300. The van der Waals surface area contributed by atoms with Crippen molar-refractivity contribution in [2.45, 2.75) is 25.8 Å². The van der Waals surface area contributed by atoms with E-state index in [1.165, 1.54) is 10.9 Å². The van der Waals surface area contributed by atoms with Crippen LogP contribution in [0, 0.1) is 12.7 Å². The van der Waals surface area contributed by atoms with Gasteiger partial charge in [0, 0.05) is 12.1 Å². The lowest BCUT2D eigenvalue weighted by molar-refractivity contribution is 0.0709.